The molecule has 0 atom stereocenters. The van der Waals surface area contributed by atoms with Crippen molar-refractivity contribution >= 4 is 45.6 Å². The second-order valence-corrected chi connectivity index (χ2v) is 6.07. The molecule has 0 radical (unpaired) electrons. The molecule has 4 rings (SSSR count). The van der Waals surface area contributed by atoms with E-state index in [2.05, 4.69) is 0 Å². The van der Waals surface area contributed by atoms with E-state index >= 15 is 0 Å². The van der Waals surface area contributed by atoms with Gasteiger partial charge in [0.15, 0.2) is 10.2 Å². The summed E-state index contributed by atoms with van der Waals surface area (Å²) < 4.78 is 16.6. The van der Waals surface area contributed by atoms with Gasteiger partial charge in [0.2, 0.25) is 0 Å². The van der Waals surface area contributed by atoms with E-state index in [4.69, 9.17) is 12.5 Å². The van der Waals surface area contributed by atoms with Crippen molar-refractivity contribution in [1.29, 1.82) is 0 Å². The Morgan fingerprint density at radius 2 is 1.14 bits per heavy atom. The molecule has 0 bridgehead atoms. The monoisotopic (exact) mass is 314 g/mol. The molecule has 0 saturated carbocycles. The van der Waals surface area contributed by atoms with Crippen molar-refractivity contribution in [1.82, 2.24) is 0 Å². The van der Waals surface area contributed by atoms with E-state index in [9.17, 15) is 0 Å². The van der Waals surface area contributed by atoms with Gasteiger partial charge < -0.3 is 8.83 Å². The quantitative estimate of drug-likeness (QED) is 0.437. The van der Waals surface area contributed by atoms with Crippen molar-refractivity contribution in [3.63, 3.8) is 0 Å². The minimum atomic E-state index is 0.744. The molecule has 0 N–H and O–H groups in total. The summed E-state index contributed by atoms with van der Waals surface area (Å²) >= 11 is 2.40. The average molecular weight is 314 g/mol. The molecule has 0 saturated heterocycles. The zero-order chi connectivity index (χ0) is 14.1. The molecule has 2 aromatic carbocycles. The maximum absolute atomic E-state index is 5.58. The predicted molar refractivity (Wildman–Crippen MR) is 85.2 cm³/mol. The van der Waals surface area contributed by atoms with Crippen molar-refractivity contribution in [2.75, 3.05) is 0 Å². The Balaban J connectivity index is 1.50. The van der Waals surface area contributed by atoms with Crippen LogP contribution in [0, 0.1) is 0 Å². The Kier molecular flexibility index (Phi) is 3.39. The molecule has 3 nitrogen and oxygen atoms in total. The number of hydrogen-bond acceptors (Lipinski definition) is 5. The van der Waals surface area contributed by atoms with Gasteiger partial charge in [0.25, 0.3) is 0 Å². The lowest BCUT2D eigenvalue weighted by atomic mass is 10.2. The number of furan rings is 2. The van der Waals surface area contributed by atoms with Crippen LogP contribution in [0.3, 0.4) is 0 Å². The predicted octanol–water partition coefficient (Wildman–Crippen LogP) is 5.91. The standard InChI is InChI=1S/C16H10O3S2/c1-3-7-13-11(5-1)9-17-15(13)20-19-21-16-14-8-4-2-6-12(14)10-18-16/h1-10H. The largest absolute Gasteiger partial charge is 0.454 e. The first kappa shape index (κ1) is 12.9. The minimum Gasteiger partial charge on any atom is -0.454 e. The van der Waals surface area contributed by atoms with Crippen LogP contribution in [0.5, 0.6) is 0 Å². The molecule has 2 aromatic heterocycles. The van der Waals surface area contributed by atoms with E-state index in [0.717, 1.165) is 31.7 Å². The molecule has 0 aliphatic heterocycles. The number of benzene rings is 2. The Morgan fingerprint density at radius 1 is 0.667 bits per heavy atom. The lowest BCUT2D eigenvalue weighted by Gasteiger charge is -1.97. The fraction of sp³-hybridized carbons (Fsp3) is 0. The van der Waals surface area contributed by atoms with Crippen LogP contribution in [0.15, 0.2) is 80.1 Å². The molecule has 0 amide bonds. The summed E-state index contributed by atoms with van der Waals surface area (Å²) in [6.45, 7) is 0. The highest BCUT2D eigenvalue weighted by Gasteiger charge is 2.11. The molecule has 104 valence electrons. The normalized spacial score (nSPS) is 11.4. The topological polar surface area (TPSA) is 35.5 Å². The summed E-state index contributed by atoms with van der Waals surface area (Å²) in [4.78, 5) is 0. The van der Waals surface area contributed by atoms with Gasteiger partial charge in [0.05, 0.1) is 36.6 Å². The number of hydrogen-bond donors (Lipinski definition) is 0. The van der Waals surface area contributed by atoms with Gasteiger partial charge in [-0.2, -0.15) is 0 Å². The lowest BCUT2D eigenvalue weighted by Crippen LogP contribution is -1.71. The van der Waals surface area contributed by atoms with Crippen LogP contribution in [0.2, 0.25) is 0 Å². The van der Waals surface area contributed by atoms with Crippen LogP contribution in [-0.4, -0.2) is 0 Å². The van der Waals surface area contributed by atoms with Crippen LogP contribution in [0.1, 0.15) is 0 Å². The second kappa shape index (κ2) is 5.52. The third-order valence-electron chi connectivity index (χ3n) is 3.17. The summed E-state index contributed by atoms with van der Waals surface area (Å²) in [6.07, 6.45) is 3.46. The van der Waals surface area contributed by atoms with Gasteiger partial charge in [-0.05, 0) is 12.1 Å². The summed E-state index contributed by atoms with van der Waals surface area (Å²) in [5, 5.41) is 5.72. The van der Waals surface area contributed by atoms with Gasteiger partial charge in [-0.1, -0.05) is 36.4 Å². The smallest absolute Gasteiger partial charge is 0.195 e. The Morgan fingerprint density at radius 3 is 1.67 bits per heavy atom. The first-order valence-corrected chi connectivity index (χ1v) is 7.84. The average Bonchev–Trinajstić information content (AvgIpc) is 3.13. The molecular weight excluding hydrogens is 304 g/mol. The fourth-order valence-electron chi connectivity index (χ4n) is 2.14. The first-order valence-electron chi connectivity index (χ1n) is 6.35. The molecule has 2 heterocycles. The molecule has 21 heavy (non-hydrogen) atoms. The van der Waals surface area contributed by atoms with Crippen molar-refractivity contribution in [2.45, 2.75) is 10.2 Å². The lowest BCUT2D eigenvalue weighted by molar-refractivity contribution is 0.466. The third kappa shape index (κ3) is 2.44. The SMILES string of the molecule is c1ccc2c(SOSc3occ4ccccc34)occ2c1. The molecule has 4 aromatic rings. The minimum absolute atomic E-state index is 0.744. The molecular formula is C16H10O3S2. The van der Waals surface area contributed by atoms with Crippen molar-refractivity contribution in [3.05, 3.63) is 61.1 Å². The second-order valence-electron chi connectivity index (χ2n) is 4.46. The zero-order valence-corrected chi connectivity index (χ0v) is 12.4. The maximum atomic E-state index is 5.58. The van der Waals surface area contributed by atoms with Gasteiger partial charge in [-0.3, -0.25) is 0 Å². The van der Waals surface area contributed by atoms with E-state index < -0.39 is 0 Å². The Labute approximate surface area is 129 Å². The molecule has 5 heteroatoms. The summed E-state index contributed by atoms with van der Waals surface area (Å²) in [6, 6.07) is 16.0. The Hall–Kier alpha value is -1.82. The maximum Gasteiger partial charge on any atom is 0.195 e. The molecule has 0 aliphatic carbocycles. The summed E-state index contributed by atoms with van der Waals surface area (Å²) in [7, 11) is 0. The first-order chi connectivity index (χ1) is 10.4. The van der Waals surface area contributed by atoms with Crippen LogP contribution >= 0.6 is 24.1 Å². The van der Waals surface area contributed by atoms with E-state index in [1.54, 1.807) is 12.5 Å². The summed E-state index contributed by atoms with van der Waals surface area (Å²) in [5.74, 6) is 0. The van der Waals surface area contributed by atoms with Crippen molar-refractivity contribution in [2.24, 2.45) is 0 Å². The molecule has 0 fully saturated rings. The van der Waals surface area contributed by atoms with Crippen molar-refractivity contribution < 1.29 is 12.5 Å². The van der Waals surface area contributed by atoms with E-state index in [1.165, 1.54) is 24.1 Å². The van der Waals surface area contributed by atoms with E-state index in [-0.39, 0.29) is 0 Å². The zero-order valence-electron chi connectivity index (χ0n) is 10.8. The van der Waals surface area contributed by atoms with Gasteiger partial charge in [0.1, 0.15) is 0 Å². The number of fused-ring (bicyclic) bond motifs is 2. The molecule has 0 aliphatic rings. The van der Waals surface area contributed by atoms with Gasteiger partial charge in [-0.25, -0.2) is 3.63 Å². The summed E-state index contributed by atoms with van der Waals surface area (Å²) in [5.41, 5.74) is 0. The molecule has 0 spiro atoms. The third-order valence-corrected chi connectivity index (χ3v) is 4.65. The highest BCUT2D eigenvalue weighted by atomic mass is 32.2. The van der Waals surface area contributed by atoms with Crippen LogP contribution in [0.4, 0.5) is 0 Å². The van der Waals surface area contributed by atoms with E-state index in [0.29, 0.717) is 0 Å². The van der Waals surface area contributed by atoms with Crippen LogP contribution in [-0.2, 0) is 3.63 Å². The van der Waals surface area contributed by atoms with Gasteiger partial charge in [-0.15, -0.1) is 0 Å². The van der Waals surface area contributed by atoms with Gasteiger partial charge >= 0.3 is 0 Å². The highest BCUT2D eigenvalue weighted by Crippen LogP contribution is 2.37. The fourth-order valence-corrected chi connectivity index (χ4v) is 3.50. The van der Waals surface area contributed by atoms with Gasteiger partial charge in [0, 0.05) is 21.5 Å². The number of rotatable bonds is 4. The Bertz CT molecular complexity index is 820. The van der Waals surface area contributed by atoms with Crippen molar-refractivity contribution in [3.8, 4) is 0 Å². The molecule has 0 unspecified atom stereocenters. The highest BCUT2D eigenvalue weighted by molar-refractivity contribution is 8.08. The van der Waals surface area contributed by atoms with Crippen LogP contribution in [0.25, 0.3) is 21.5 Å². The van der Waals surface area contributed by atoms with E-state index in [1.807, 2.05) is 48.5 Å². The van der Waals surface area contributed by atoms with Crippen LogP contribution < -0.4 is 0 Å².